The van der Waals surface area contributed by atoms with E-state index < -0.39 is 10.0 Å². The number of hydrogen-bond acceptors (Lipinski definition) is 3. The minimum Gasteiger partial charge on any atom is -0.345 e. The first-order valence-electron chi connectivity index (χ1n) is 8.55. The second kappa shape index (κ2) is 7.40. The van der Waals surface area contributed by atoms with Crippen LogP contribution >= 0.6 is 0 Å². The zero-order valence-corrected chi connectivity index (χ0v) is 16.4. The van der Waals surface area contributed by atoms with Crippen LogP contribution < -0.4 is 4.72 Å². The first-order valence-corrected chi connectivity index (χ1v) is 10.4. The molecule has 6 heteroatoms. The summed E-state index contributed by atoms with van der Waals surface area (Å²) >= 11 is 0. The average Bonchev–Trinajstić information content (AvgIpc) is 2.96. The van der Waals surface area contributed by atoms with Crippen molar-refractivity contribution in [3.05, 3.63) is 88.7 Å². The van der Waals surface area contributed by atoms with Crippen LogP contribution in [-0.4, -0.2) is 25.0 Å². The zero-order chi connectivity index (χ0) is 19.6. The largest absolute Gasteiger partial charge is 0.345 e. The molecule has 1 aromatic heterocycles. The molecule has 0 saturated heterocycles. The summed E-state index contributed by atoms with van der Waals surface area (Å²) in [6.45, 7) is 1.99. The van der Waals surface area contributed by atoms with Gasteiger partial charge in [0.25, 0.3) is 0 Å². The second-order valence-electron chi connectivity index (χ2n) is 6.71. The summed E-state index contributed by atoms with van der Waals surface area (Å²) in [5.74, 6) is -0.00329. The lowest BCUT2D eigenvalue weighted by Crippen LogP contribution is -2.10. The molecular formula is C21H22N2O3S. The van der Waals surface area contributed by atoms with Crippen LogP contribution in [0.2, 0.25) is 0 Å². The molecule has 3 rings (SSSR count). The van der Waals surface area contributed by atoms with Gasteiger partial charge in [-0.15, -0.1) is 0 Å². The van der Waals surface area contributed by atoms with Gasteiger partial charge in [0, 0.05) is 30.4 Å². The number of nitrogens with one attached hydrogen (secondary N) is 1. The van der Waals surface area contributed by atoms with E-state index in [2.05, 4.69) is 4.72 Å². The Balaban J connectivity index is 1.77. The molecule has 5 nitrogen and oxygen atoms in total. The van der Waals surface area contributed by atoms with Crippen molar-refractivity contribution < 1.29 is 13.2 Å². The molecule has 27 heavy (non-hydrogen) atoms. The Bertz CT molecular complexity index is 1060. The summed E-state index contributed by atoms with van der Waals surface area (Å²) in [4.78, 5) is 12.7. The summed E-state index contributed by atoms with van der Waals surface area (Å²) in [7, 11) is -1.40. The Kier molecular flexibility index (Phi) is 5.19. The second-order valence-corrected chi connectivity index (χ2v) is 8.46. The SMILES string of the molecule is Cc1ccc(C(=O)c2ccc(Cc3ccc(NS(C)(=O)=O)cc3)n2C)cc1. The number of benzene rings is 2. The molecule has 0 aliphatic heterocycles. The molecule has 0 amide bonds. The van der Waals surface area contributed by atoms with E-state index in [1.54, 1.807) is 12.1 Å². The van der Waals surface area contributed by atoms with Crippen molar-refractivity contribution in [3.8, 4) is 0 Å². The van der Waals surface area contributed by atoms with Gasteiger partial charge in [-0.05, 0) is 36.8 Å². The number of sulfonamides is 1. The number of ketones is 1. The third-order valence-electron chi connectivity index (χ3n) is 4.41. The molecule has 3 aromatic rings. The maximum atomic E-state index is 12.7. The highest BCUT2D eigenvalue weighted by molar-refractivity contribution is 7.92. The van der Waals surface area contributed by atoms with E-state index in [-0.39, 0.29) is 5.78 Å². The van der Waals surface area contributed by atoms with Crippen molar-refractivity contribution in [2.45, 2.75) is 13.3 Å². The van der Waals surface area contributed by atoms with Crippen molar-refractivity contribution in [3.63, 3.8) is 0 Å². The maximum Gasteiger partial charge on any atom is 0.229 e. The summed E-state index contributed by atoms with van der Waals surface area (Å²) in [5.41, 5.74) is 5.00. The van der Waals surface area contributed by atoms with Crippen molar-refractivity contribution in [2.75, 3.05) is 11.0 Å². The molecular weight excluding hydrogens is 360 g/mol. The Morgan fingerprint density at radius 3 is 2.19 bits per heavy atom. The lowest BCUT2D eigenvalue weighted by Gasteiger charge is -2.09. The van der Waals surface area contributed by atoms with Crippen LogP contribution in [0.25, 0.3) is 0 Å². The third-order valence-corrected chi connectivity index (χ3v) is 5.02. The van der Waals surface area contributed by atoms with Crippen molar-refractivity contribution >= 4 is 21.5 Å². The highest BCUT2D eigenvalue weighted by Gasteiger charge is 2.15. The van der Waals surface area contributed by atoms with Crippen LogP contribution in [0.15, 0.2) is 60.7 Å². The van der Waals surface area contributed by atoms with Gasteiger partial charge >= 0.3 is 0 Å². The van der Waals surface area contributed by atoms with E-state index in [4.69, 9.17) is 0 Å². The highest BCUT2D eigenvalue weighted by Crippen LogP contribution is 2.18. The normalized spacial score (nSPS) is 11.4. The third kappa shape index (κ3) is 4.65. The first kappa shape index (κ1) is 18.9. The van der Waals surface area contributed by atoms with E-state index in [9.17, 15) is 13.2 Å². The molecule has 0 spiro atoms. The van der Waals surface area contributed by atoms with Crippen LogP contribution in [0.4, 0.5) is 5.69 Å². The Labute approximate surface area is 159 Å². The minimum atomic E-state index is -3.28. The van der Waals surface area contributed by atoms with E-state index in [1.807, 2.05) is 67.1 Å². The molecule has 0 aliphatic rings. The number of anilines is 1. The van der Waals surface area contributed by atoms with Gasteiger partial charge in [-0.2, -0.15) is 0 Å². The maximum absolute atomic E-state index is 12.7. The molecule has 140 valence electrons. The van der Waals surface area contributed by atoms with E-state index in [0.717, 1.165) is 23.1 Å². The fraction of sp³-hybridized carbons (Fsp3) is 0.190. The van der Waals surface area contributed by atoms with Crippen LogP contribution in [0, 0.1) is 6.92 Å². The lowest BCUT2D eigenvalue weighted by molar-refractivity contribution is 0.103. The van der Waals surface area contributed by atoms with E-state index >= 15 is 0 Å². The number of carbonyl (C=O) groups excluding carboxylic acids is 1. The number of rotatable bonds is 6. The molecule has 0 fully saturated rings. The van der Waals surface area contributed by atoms with Gasteiger partial charge in [0.05, 0.1) is 11.9 Å². The fourth-order valence-electron chi connectivity index (χ4n) is 2.93. The van der Waals surface area contributed by atoms with Crippen molar-refractivity contribution in [2.24, 2.45) is 7.05 Å². The van der Waals surface area contributed by atoms with Crippen LogP contribution in [0.5, 0.6) is 0 Å². The summed E-state index contributed by atoms with van der Waals surface area (Å²) < 4.78 is 26.9. The standard InChI is InChI=1S/C21H22N2O3S/c1-15-4-8-17(9-5-15)21(24)20-13-12-19(23(20)2)14-16-6-10-18(11-7-16)22-27(3,25)26/h4-13,22H,14H2,1-3H3. The smallest absolute Gasteiger partial charge is 0.229 e. The first-order chi connectivity index (χ1) is 12.7. The Morgan fingerprint density at radius 2 is 1.59 bits per heavy atom. The molecule has 1 heterocycles. The highest BCUT2D eigenvalue weighted by atomic mass is 32.2. The molecule has 0 aliphatic carbocycles. The number of nitrogens with zero attached hydrogens (tertiary/aromatic N) is 1. The topological polar surface area (TPSA) is 68.2 Å². The number of aromatic nitrogens is 1. The van der Waals surface area contributed by atoms with Gasteiger partial charge in [0.15, 0.2) is 0 Å². The predicted octanol–water partition coefficient (Wildman–Crippen LogP) is 3.53. The lowest BCUT2D eigenvalue weighted by atomic mass is 10.1. The van der Waals surface area contributed by atoms with E-state index in [0.29, 0.717) is 23.4 Å². The van der Waals surface area contributed by atoms with Gasteiger partial charge in [-0.1, -0.05) is 42.0 Å². The fourth-order valence-corrected chi connectivity index (χ4v) is 3.49. The van der Waals surface area contributed by atoms with Gasteiger partial charge in [-0.25, -0.2) is 8.42 Å². The molecule has 0 bridgehead atoms. The van der Waals surface area contributed by atoms with Crippen LogP contribution in [0.1, 0.15) is 32.9 Å². The predicted molar refractivity (Wildman–Crippen MR) is 108 cm³/mol. The number of hydrogen-bond donors (Lipinski definition) is 1. The van der Waals surface area contributed by atoms with Gasteiger partial charge in [0.2, 0.25) is 15.8 Å². The van der Waals surface area contributed by atoms with Gasteiger partial charge < -0.3 is 4.57 Å². The number of carbonyl (C=O) groups is 1. The molecule has 0 radical (unpaired) electrons. The van der Waals surface area contributed by atoms with Gasteiger partial charge in [-0.3, -0.25) is 9.52 Å². The molecule has 1 N–H and O–H groups in total. The van der Waals surface area contributed by atoms with Gasteiger partial charge in [0.1, 0.15) is 0 Å². The average molecular weight is 382 g/mol. The summed E-state index contributed by atoms with van der Waals surface area (Å²) in [5, 5.41) is 0. The molecule has 0 atom stereocenters. The zero-order valence-electron chi connectivity index (χ0n) is 15.6. The van der Waals surface area contributed by atoms with Crippen LogP contribution in [-0.2, 0) is 23.5 Å². The minimum absolute atomic E-state index is 0.00329. The van der Waals surface area contributed by atoms with Crippen molar-refractivity contribution in [1.82, 2.24) is 4.57 Å². The van der Waals surface area contributed by atoms with E-state index in [1.165, 1.54) is 0 Å². The summed E-state index contributed by atoms with van der Waals surface area (Å²) in [6.07, 6.45) is 1.77. The summed E-state index contributed by atoms with van der Waals surface area (Å²) in [6, 6.07) is 18.6. The Morgan fingerprint density at radius 1 is 0.963 bits per heavy atom. The molecule has 0 unspecified atom stereocenters. The van der Waals surface area contributed by atoms with Crippen molar-refractivity contribution in [1.29, 1.82) is 0 Å². The monoisotopic (exact) mass is 382 g/mol. The Hall–Kier alpha value is -2.86. The molecule has 2 aromatic carbocycles. The quantitative estimate of drug-likeness (QED) is 0.663. The number of aryl methyl sites for hydroxylation is 1. The van der Waals surface area contributed by atoms with Crippen LogP contribution in [0.3, 0.4) is 0 Å². The molecule has 0 saturated carbocycles.